The summed E-state index contributed by atoms with van der Waals surface area (Å²) < 4.78 is 4.00. The summed E-state index contributed by atoms with van der Waals surface area (Å²) in [7, 11) is 0. The van der Waals surface area contributed by atoms with Gasteiger partial charge in [-0.2, -0.15) is 0 Å². The summed E-state index contributed by atoms with van der Waals surface area (Å²) in [5.41, 5.74) is 0. The molecule has 1 heterocycles. The first-order valence-corrected chi connectivity index (χ1v) is 2.73. The standard InChI is InChI=1S/C3H6NS/c1-2-4-5-3-1/h1-3H2/q+1. The van der Waals surface area contributed by atoms with Crippen molar-refractivity contribution >= 4 is 11.6 Å². The van der Waals surface area contributed by atoms with Crippen molar-refractivity contribution in [3.63, 3.8) is 0 Å². The van der Waals surface area contributed by atoms with E-state index in [0.29, 0.717) is 0 Å². The average molecular weight is 88.2 g/mol. The van der Waals surface area contributed by atoms with E-state index >= 15 is 0 Å². The number of rotatable bonds is 0. The molecule has 0 aromatic rings. The molecule has 0 unspecified atom stereocenters. The quantitative estimate of drug-likeness (QED) is 0.386. The van der Waals surface area contributed by atoms with Crippen molar-refractivity contribution in [3.05, 3.63) is 0 Å². The third-order valence-corrected chi connectivity index (χ3v) is 1.41. The van der Waals surface area contributed by atoms with Gasteiger partial charge in [-0.05, 0) is 4.36 Å². The van der Waals surface area contributed by atoms with Crippen LogP contribution < -0.4 is 0 Å². The fraction of sp³-hybridized carbons (Fsp3) is 1.00. The van der Waals surface area contributed by atoms with Gasteiger partial charge >= 0.3 is 11.6 Å². The maximum absolute atomic E-state index is 4.00. The molecule has 0 saturated carbocycles. The molecular weight excluding hydrogens is 82.1 g/mol. The van der Waals surface area contributed by atoms with Crippen LogP contribution in [0.5, 0.6) is 0 Å². The van der Waals surface area contributed by atoms with Crippen molar-refractivity contribution in [2.75, 3.05) is 12.3 Å². The lowest BCUT2D eigenvalue weighted by molar-refractivity contribution is 0.993. The Morgan fingerprint density at radius 2 is 2.60 bits per heavy atom. The largest absolute Gasteiger partial charge is 0.310 e. The summed E-state index contributed by atoms with van der Waals surface area (Å²) in [6.45, 7) is 1.09. The molecule has 1 rings (SSSR count). The van der Waals surface area contributed by atoms with Gasteiger partial charge in [-0.1, -0.05) is 0 Å². The molecule has 1 nitrogen and oxygen atoms in total. The molecule has 0 aromatic heterocycles. The minimum Gasteiger partial charge on any atom is -0.0259 e. The summed E-state index contributed by atoms with van der Waals surface area (Å²) in [5, 5.41) is 0. The fourth-order valence-electron chi connectivity index (χ4n) is 0.323. The van der Waals surface area contributed by atoms with Gasteiger partial charge in [0.1, 0.15) is 6.54 Å². The molecular formula is C3H6NS+. The number of hydrogen-bond acceptors (Lipinski definition) is 1. The van der Waals surface area contributed by atoms with Crippen LogP contribution in [0.2, 0.25) is 0 Å². The Kier molecular flexibility index (Phi) is 0.937. The lowest BCUT2D eigenvalue weighted by atomic mass is 10.5. The predicted molar refractivity (Wildman–Crippen MR) is 24.1 cm³/mol. The van der Waals surface area contributed by atoms with Crippen molar-refractivity contribution in [1.29, 1.82) is 0 Å². The molecule has 28 valence electrons. The summed E-state index contributed by atoms with van der Waals surface area (Å²) in [6.07, 6.45) is 1.30. The maximum atomic E-state index is 4.00. The summed E-state index contributed by atoms with van der Waals surface area (Å²) in [5.74, 6) is 1.25. The molecule has 0 spiro atoms. The van der Waals surface area contributed by atoms with E-state index in [0.717, 1.165) is 6.54 Å². The van der Waals surface area contributed by atoms with E-state index in [2.05, 4.69) is 4.36 Å². The van der Waals surface area contributed by atoms with Crippen LogP contribution in [0.1, 0.15) is 6.42 Å². The van der Waals surface area contributed by atoms with E-state index in [1.54, 1.807) is 11.6 Å². The molecule has 1 aliphatic heterocycles. The third kappa shape index (κ3) is 0.651. The monoisotopic (exact) mass is 88.0 g/mol. The van der Waals surface area contributed by atoms with Crippen LogP contribution in [0.25, 0.3) is 0 Å². The highest BCUT2D eigenvalue weighted by Crippen LogP contribution is 1.88. The first-order chi connectivity index (χ1) is 2.50. The first kappa shape index (κ1) is 3.22. The molecule has 0 N–H and O–H groups in total. The number of hydrogen-bond donors (Lipinski definition) is 0. The van der Waals surface area contributed by atoms with Gasteiger partial charge in [0, 0.05) is 6.42 Å². The minimum atomic E-state index is 1.09. The van der Waals surface area contributed by atoms with Gasteiger partial charge in [0.25, 0.3) is 0 Å². The molecule has 0 atom stereocenters. The Morgan fingerprint density at radius 1 is 1.60 bits per heavy atom. The van der Waals surface area contributed by atoms with Crippen LogP contribution >= 0.6 is 0 Å². The SMILES string of the molecule is C1CN=[S+]C1. The summed E-state index contributed by atoms with van der Waals surface area (Å²) >= 11 is 1.70. The van der Waals surface area contributed by atoms with Gasteiger partial charge in [-0.25, -0.2) is 0 Å². The van der Waals surface area contributed by atoms with Crippen molar-refractivity contribution in [2.45, 2.75) is 6.42 Å². The molecule has 0 aliphatic carbocycles. The zero-order chi connectivity index (χ0) is 3.54. The van der Waals surface area contributed by atoms with E-state index in [4.69, 9.17) is 0 Å². The summed E-state index contributed by atoms with van der Waals surface area (Å²) in [6, 6.07) is 0. The molecule has 1 aliphatic rings. The van der Waals surface area contributed by atoms with Crippen molar-refractivity contribution in [2.24, 2.45) is 4.36 Å². The van der Waals surface area contributed by atoms with E-state index in [-0.39, 0.29) is 0 Å². The highest BCUT2D eigenvalue weighted by molar-refractivity contribution is 7.68. The van der Waals surface area contributed by atoms with Crippen LogP contribution in [0.15, 0.2) is 4.36 Å². The molecule has 0 amide bonds. The topological polar surface area (TPSA) is 12.4 Å². The molecule has 0 aromatic carbocycles. The van der Waals surface area contributed by atoms with Crippen molar-refractivity contribution in [3.8, 4) is 0 Å². The zero-order valence-corrected chi connectivity index (χ0v) is 3.79. The maximum Gasteiger partial charge on any atom is 0.310 e. The van der Waals surface area contributed by atoms with Crippen molar-refractivity contribution < 1.29 is 0 Å². The Morgan fingerprint density at radius 3 is 2.80 bits per heavy atom. The number of nitrogens with zero attached hydrogens (tertiary/aromatic N) is 1. The van der Waals surface area contributed by atoms with Crippen LogP contribution in [-0.4, -0.2) is 12.3 Å². The Labute approximate surface area is 35.5 Å². The lowest BCUT2D eigenvalue weighted by Gasteiger charge is -1.55. The van der Waals surface area contributed by atoms with E-state index in [1.807, 2.05) is 0 Å². The molecule has 5 heavy (non-hydrogen) atoms. The predicted octanol–water partition coefficient (Wildman–Crippen LogP) is 0.656. The second kappa shape index (κ2) is 1.45. The zero-order valence-electron chi connectivity index (χ0n) is 2.98. The Bertz CT molecular complexity index is 44.9. The minimum absolute atomic E-state index is 1.09. The van der Waals surface area contributed by atoms with Crippen LogP contribution in [-0.2, 0) is 11.6 Å². The fourth-order valence-corrected chi connectivity index (χ4v) is 0.968. The lowest BCUT2D eigenvalue weighted by Crippen LogP contribution is -1.69. The van der Waals surface area contributed by atoms with Gasteiger partial charge in [-0.15, -0.1) is 0 Å². The second-order valence-corrected chi connectivity index (χ2v) is 1.96. The molecule has 0 bridgehead atoms. The molecule has 2 heteroatoms. The van der Waals surface area contributed by atoms with Crippen LogP contribution in [0.4, 0.5) is 0 Å². The Balaban J connectivity index is 2.32. The van der Waals surface area contributed by atoms with Crippen LogP contribution in [0.3, 0.4) is 0 Å². The molecule has 0 fully saturated rings. The molecule has 0 radical (unpaired) electrons. The Hall–Kier alpha value is 0.0200. The van der Waals surface area contributed by atoms with Gasteiger partial charge in [0.15, 0.2) is 0 Å². The van der Waals surface area contributed by atoms with Gasteiger partial charge in [-0.3, -0.25) is 0 Å². The van der Waals surface area contributed by atoms with Crippen molar-refractivity contribution in [1.82, 2.24) is 0 Å². The van der Waals surface area contributed by atoms with Gasteiger partial charge in [0.05, 0.1) is 0 Å². The summed E-state index contributed by atoms with van der Waals surface area (Å²) in [4.78, 5) is 0. The van der Waals surface area contributed by atoms with E-state index in [1.165, 1.54) is 12.2 Å². The van der Waals surface area contributed by atoms with Crippen LogP contribution in [0, 0.1) is 0 Å². The second-order valence-electron chi connectivity index (χ2n) is 1.04. The highest BCUT2D eigenvalue weighted by Gasteiger charge is 2.03. The van der Waals surface area contributed by atoms with Gasteiger partial charge < -0.3 is 0 Å². The first-order valence-electron chi connectivity index (χ1n) is 1.79. The van der Waals surface area contributed by atoms with E-state index < -0.39 is 0 Å². The third-order valence-electron chi connectivity index (χ3n) is 0.576. The normalized spacial score (nSPS) is 20.8. The van der Waals surface area contributed by atoms with E-state index in [9.17, 15) is 0 Å². The average Bonchev–Trinajstić information content (AvgIpc) is 1.76. The highest BCUT2D eigenvalue weighted by atomic mass is 32.1. The van der Waals surface area contributed by atoms with Gasteiger partial charge in [0.2, 0.25) is 5.75 Å². The smallest absolute Gasteiger partial charge is 0.0259 e. The molecule has 0 saturated heterocycles.